The lowest BCUT2D eigenvalue weighted by molar-refractivity contribution is -0.119. The van der Waals surface area contributed by atoms with Gasteiger partial charge < -0.3 is 10.1 Å². The molecule has 1 saturated heterocycles. The molecule has 0 aliphatic carbocycles. The largest absolute Gasteiger partial charge is 0.381 e. The number of ether oxygens (including phenoxy) is 1. The molecule has 1 aliphatic rings. The van der Waals surface area contributed by atoms with Crippen molar-refractivity contribution in [1.82, 2.24) is 15.2 Å². The van der Waals surface area contributed by atoms with E-state index in [1.165, 1.54) is 0 Å². The maximum absolute atomic E-state index is 12.0. The summed E-state index contributed by atoms with van der Waals surface area (Å²) in [6.07, 6.45) is 0.792. The van der Waals surface area contributed by atoms with Crippen LogP contribution in [0.25, 0.3) is 11.4 Å². The second kappa shape index (κ2) is 5.42. The number of aromatic amines is 1. The van der Waals surface area contributed by atoms with Crippen LogP contribution in [0.2, 0.25) is 0 Å². The Bertz CT molecular complexity index is 600. The summed E-state index contributed by atoms with van der Waals surface area (Å²) in [7, 11) is 0. The quantitative estimate of drug-likeness (QED) is 0.892. The monoisotopic (exact) mass is 272 g/mol. The third kappa shape index (κ3) is 2.70. The van der Waals surface area contributed by atoms with E-state index in [0.29, 0.717) is 19.0 Å². The first-order valence-corrected chi connectivity index (χ1v) is 6.60. The molecule has 2 heterocycles. The minimum Gasteiger partial charge on any atom is -0.381 e. The van der Waals surface area contributed by atoms with Crippen LogP contribution >= 0.6 is 0 Å². The molecule has 2 aromatic rings. The van der Waals surface area contributed by atoms with Crippen LogP contribution in [0.15, 0.2) is 24.3 Å². The predicted molar refractivity (Wildman–Crippen MR) is 74.1 cm³/mol. The summed E-state index contributed by atoms with van der Waals surface area (Å²) in [5, 5.41) is 9.81. The van der Waals surface area contributed by atoms with Gasteiger partial charge in [0, 0.05) is 17.9 Å². The van der Waals surface area contributed by atoms with Gasteiger partial charge in [-0.05, 0) is 37.6 Å². The first kappa shape index (κ1) is 12.8. The van der Waals surface area contributed by atoms with E-state index < -0.39 is 0 Å². The Balaban J connectivity index is 1.68. The molecule has 1 unspecified atom stereocenters. The second-order valence-electron chi connectivity index (χ2n) is 4.87. The van der Waals surface area contributed by atoms with Crippen molar-refractivity contribution >= 4 is 11.6 Å². The van der Waals surface area contributed by atoms with E-state index >= 15 is 0 Å². The number of carbonyl (C=O) groups is 1. The van der Waals surface area contributed by atoms with E-state index in [1.54, 1.807) is 0 Å². The minimum absolute atomic E-state index is 0.0176. The number of carbonyl (C=O) groups excluding carboxylic acids is 1. The summed E-state index contributed by atoms with van der Waals surface area (Å²) >= 11 is 0. The van der Waals surface area contributed by atoms with Gasteiger partial charge in [-0.25, -0.2) is 4.98 Å². The third-order valence-electron chi connectivity index (χ3n) is 3.31. The Labute approximate surface area is 116 Å². The van der Waals surface area contributed by atoms with Crippen LogP contribution in [0.3, 0.4) is 0 Å². The van der Waals surface area contributed by atoms with Gasteiger partial charge in [0.2, 0.25) is 5.91 Å². The number of hydrogen-bond acceptors (Lipinski definition) is 4. The molecular formula is C14H16N4O2. The van der Waals surface area contributed by atoms with Crippen LogP contribution in [0, 0.1) is 12.8 Å². The average molecular weight is 272 g/mol. The SMILES string of the molecule is Cc1nc(-c2ccc(NC(=O)C3CCOC3)cc2)n[nH]1. The minimum atomic E-state index is -0.0367. The van der Waals surface area contributed by atoms with Crippen molar-refractivity contribution in [3.63, 3.8) is 0 Å². The molecule has 1 aliphatic heterocycles. The molecule has 6 heteroatoms. The van der Waals surface area contributed by atoms with Gasteiger partial charge in [-0.2, -0.15) is 5.10 Å². The summed E-state index contributed by atoms with van der Waals surface area (Å²) in [6.45, 7) is 3.04. The molecular weight excluding hydrogens is 256 g/mol. The molecule has 104 valence electrons. The van der Waals surface area contributed by atoms with Crippen LogP contribution in [-0.2, 0) is 9.53 Å². The number of nitrogens with one attached hydrogen (secondary N) is 2. The number of rotatable bonds is 3. The molecule has 1 atom stereocenters. The van der Waals surface area contributed by atoms with E-state index in [-0.39, 0.29) is 11.8 Å². The van der Waals surface area contributed by atoms with Crippen molar-refractivity contribution in [2.75, 3.05) is 18.5 Å². The van der Waals surface area contributed by atoms with Crippen LogP contribution in [0.1, 0.15) is 12.2 Å². The van der Waals surface area contributed by atoms with E-state index in [1.807, 2.05) is 31.2 Å². The fourth-order valence-electron chi connectivity index (χ4n) is 2.16. The first-order valence-electron chi connectivity index (χ1n) is 6.60. The highest BCUT2D eigenvalue weighted by Crippen LogP contribution is 2.19. The molecule has 1 fully saturated rings. The summed E-state index contributed by atoms with van der Waals surface area (Å²) in [6, 6.07) is 7.50. The van der Waals surface area contributed by atoms with Gasteiger partial charge in [-0.15, -0.1) is 0 Å². The number of aromatic nitrogens is 3. The summed E-state index contributed by atoms with van der Waals surface area (Å²) < 4.78 is 5.21. The standard InChI is InChI=1S/C14H16N4O2/c1-9-15-13(18-17-9)10-2-4-12(5-3-10)16-14(19)11-6-7-20-8-11/h2-5,11H,6-8H2,1H3,(H,16,19)(H,15,17,18). The van der Waals surface area contributed by atoms with E-state index in [4.69, 9.17) is 4.74 Å². The Morgan fingerprint density at radius 2 is 2.20 bits per heavy atom. The summed E-state index contributed by atoms with van der Waals surface area (Å²) in [5.74, 6) is 1.41. The highest BCUT2D eigenvalue weighted by atomic mass is 16.5. The second-order valence-corrected chi connectivity index (χ2v) is 4.87. The molecule has 0 spiro atoms. The highest BCUT2D eigenvalue weighted by molar-refractivity contribution is 5.93. The number of hydrogen-bond donors (Lipinski definition) is 2. The Hall–Kier alpha value is -2.21. The fraction of sp³-hybridized carbons (Fsp3) is 0.357. The van der Waals surface area contributed by atoms with Crippen molar-refractivity contribution in [3.8, 4) is 11.4 Å². The van der Waals surface area contributed by atoms with Crippen LogP contribution in [0.5, 0.6) is 0 Å². The van der Waals surface area contributed by atoms with Crippen LogP contribution in [-0.4, -0.2) is 34.3 Å². The van der Waals surface area contributed by atoms with Crippen LogP contribution in [0.4, 0.5) is 5.69 Å². The predicted octanol–water partition coefficient (Wildman–Crippen LogP) is 1.76. The highest BCUT2D eigenvalue weighted by Gasteiger charge is 2.23. The molecule has 0 radical (unpaired) electrons. The Kier molecular flexibility index (Phi) is 3.47. The maximum atomic E-state index is 12.0. The number of aryl methyl sites for hydroxylation is 1. The van der Waals surface area contributed by atoms with E-state index in [9.17, 15) is 4.79 Å². The fourth-order valence-corrected chi connectivity index (χ4v) is 2.16. The van der Waals surface area contributed by atoms with Crippen molar-refractivity contribution in [2.24, 2.45) is 5.92 Å². The van der Waals surface area contributed by atoms with Crippen LogP contribution < -0.4 is 5.32 Å². The summed E-state index contributed by atoms with van der Waals surface area (Å²) in [5.41, 5.74) is 1.69. The Morgan fingerprint density at radius 1 is 1.40 bits per heavy atom. The first-order chi connectivity index (χ1) is 9.72. The molecule has 20 heavy (non-hydrogen) atoms. The lowest BCUT2D eigenvalue weighted by atomic mass is 10.1. The van der Waals surface area contributed by atoms with E-state index in [2.05, 4.69) is 20.5 Å². The zero-order valence-electron chi connectivity index (χ0n) is 11.2. The zero-order chi connectivity index (χ0) is 13.9. The van der Waals surface area contributed by atoms with E-state index in [0.717, 1.165) is 23.5 Å². The smallest absolute Gasteiger partial charge is 0.229 e. The topological polar surface area (TPSA) is 79.9 Å². The van der Waals surface area contributed by atoms with Gasteiger partial charge in [0.1, 0.15) is 5.82 Å². The Morgan fingerprint density at radius 3 is 2.80 bits per heavy atom. The normalized spacial score (nSPS) is 18.1. The number of nitrogens with zero attached hydrogens (tertiary/aromatic N) is 2. The molecule has 1 aromatic heterocycles. The summed E-state index contributed by atoms with van der Waals surface area (Å²) in [4.78, 5) is 16.2. The van der Waals surface area contributed by atoms with Crippen molar-refractivity contribution < 1.29 is 9.53 Å². The lowest BCUT2D eigenvalue weighted by Crippen LogP contribution is -2.22. The molecule has 1 amide bonds. The molecule has 0 saturated carbocycles. The molecule has 0 bridgehead atoms. The maximum Gasteiger partial charge on any atom is 0.229 e. The average Bonchev–Trinajstić information content (AvgIpc) is 3.10. The zero-order valence-corrected chi connectivity index (χ0v) is 11.2. The van der Waals surface area contributed by atoms with Gasteiger partial charge in [0.05, 0.1) is 12.5 Å². The van der Waals surface area contributed by atoms with Gasteiger partial charge in [-0.3, -0.25) is 9.89 Å². The number of H-pyrrole nitrogens is 1. The lowest BCUT2D eigenvalue weighted by Gasteiger charge is -2.09. The van der Waals surface area contributed by atoms with Crippen molar-refractivity contribution in [3.05, 3.63) is 30.1 Å². The third-order valence-corrected chi connectivity index (χ3v) is 3.31. The molecule has 2 N–H and O–H groups in total. The van der Waals surface area contributed by atoms with Gasteiger partial charge >= 0.3 is 0 Å². The number of benzene rings is 1. The molecule has 1 aromatic carbocycles. The number of amides is 1. The van der Waals surface area contributed by atoms with Crippen molar-refractivity contribution in [1.29, 1.82) is 0 Å². The number of anilines is 1. The van der Waals surface area contributed by atoms with Gasteiger partial charge in [0.25, 0.3) is 0 Å². The van der Waals surface area contributed by atoms with Crippen molar-refractivity contribution in [2.45, 2.75) is 13.3 Å². The molecule has 3 rings (SSSR count). The van der Waals surface area contributed by atoms with Gasteiger partial charge in [-0.1, -0.05) is 0 Å². The van der Waals surface area contributed by atoms with Gasteiger partial charge in [0.15, 0.2) is 5.82 Å². The molecule has 6 nitrogen and oxygen atoms in total.